The number of rotatable bonds is 10. The van der Waals surface area contributed by atoms with Crippen LogP contribution in [0.4, 0.5) is 11.8 Å². The highest BCUT2D eigenvalue weighted by Gasteiger charge is 2.07. The van der Waals surface area contributed by atoms with Crippen molar-refractivity contribution in [1.29, 1.82) is 5.41 Å². The number of benzene rings is 1. The molecule has 0 bridgehead atoms. The number of thioether (sulfide) groups is 1. The maximum atomic E-state index is 8.78. The topological polar surface area (TPSA) is 106 Å². The van der Waals surface area contributed by atoms with Crippen molar-refractivity contribution in [1.82, 2.24) is 15.3 Å². The van der Waals surface area contributed by atoms with Gasteiger partial charge in [0.05, 0.1) is 18.5 Å². The number of hydrogen-bond donors (Lipinski definition) is 5. The van der Waals surface area contributed by atoms with Crippen LogP contribution in [0.2, 0.25) is 5.02 Å². The van der Waals surface area contributed by atoms with Crippen molar-refractivity contribution in [3.8, 4) is 0 Å². The first-order valence-electron chi connectivity index (χ1n) is 7.87. The second kappa shape index (κ2) is 10.6. The zero-order valence-corrected chi connectivity index (χ0v) is 15.9. The van der Waals surface area contributed by atoms with Gasteiger partial charge in [0.1, 0.15) is 5.02 Å². The largest absolute Gasteiger partial charge is 0.395 e. The van der Waals surface area contributed by atoms with Gasteiger partial charge in [-0.25, -0.2) is 4.98 Å². The lowest BCUT2D eigenvalue weighted by Crippen LogP contribution is -2.15. The summed E-state index contributed by atoms with van der Waals surface area (Å²) in [6.07, 6.45) is 6.24. The molecule has 2 rings (SSSR count). The predicted molar refractivity (Wildman–Crippen MR) is 108 cm³/mol. The van der Waals surface area contributed by atoms with E-state index < -0.39 is 0 Å². The molecule has 0 saturated carbocycles. The molecule has 0 aliphatic heterocycles. The molecule has 1 aromatic carbocycles. The Labute approximate surface area is 161 Å². The molecule has 5 N–H and O–H groups in total. The van der Waals surface area contributed by atoms with E-state index in [1.807, 2.05) is 18.4 Å². The number of aliphatic hydroxyl groups is 1. The van der Waals surface area contributed by atoms with Crippen LogP contribution in [0.25, 0.3) is 0 Å². The van der Waals surface area contributed by atoms with Crippen molar-refractivity contribution in [2.75, 3.05) is 30.0 Å². The van der Waals surface area contributed by atoms with Gasteiger partial charge in [0, 0.05) is 30.4 Å². The van der Waals surface area contributed by atoms with Crippen molar-refractivity contribution in [3.63, 3.8) is 0 Å². The summed E-state index contributed by atoms with van der Waals surface area (Å²) in [5.41, 5.74) is 1.58. The standard InChI is InChI=1S/C17H21ClN6OS/c1-26-14-4-2-3-12(7-14)9-21-16-15(18)11-22-17(24-16)23-13(8-19)10-20-5-6-25/h2-4,7-8,10-11,19-20,25H,5-6,9H2,1H3,(H2,21,22,23,24)/b13-10+,19-8?. The Bertz CT molecular complexity index is 771. The summed E-state index contributed by atoms with van der Waals surface area (Å²) in [4.78, 5) is 9.66. The first-order valence-corrected chi connectivity index (χ1v) is 9.47. The van der Waals surface area contributed by atoms with E-state index in [2.05, 4.69) is 38.1 Å². The van der Waals surface area contributed by atoms with Gasteiger partial charge < -0.3 is 26.5 Å². The highest BCUT2D eigenvalue weighted by atomic mass is 35.5. The van der Waals surface area contributed by atoms with E-state index >= 15 is 0 Å². The second-order valence-electron chi connectivity index (χ2n) is 5.14. The van der Waals surface area contributed by atoms with Crippen molar-refractivity contribution in [2.24, 2.45) is 0 Å². The Kier molecular flexibility index (Phi) is 8.20. The molecule has 0 unspecified atom stereocenters. The molecule has 7 nitrogen and oxygen atoms in total. The molecule has 0 saturated heterocycles. The van der Waals surface area contributed by atoms with Crippen molar-refractivity contribution in [3.05, 3.63) is 52.9 Å². The number of anilines is 2. The summed E-state index contributed by atoms with van der Waals surface area (Å²) in [5.74, 6) is 0.821. The Morgan fingerprint density at radius 1 is 1.42 bits per heavy atom. The van der Waals surface area contributed by atoms with Gasteiger partial charge in [-0.05, 0) is 24.0 Å². The molecule has 2 aromatic rings. The van der Waals surface area contributed by atoms with Gasteiger partial charge in [-0.3, -0.25) is 0 Å². The van der Waals surface area contributed by atoms with Crippen LogP contribution in [-0.2, 0) is 6.54 Å². The average molecular weight is 393 g/mol. The number of aromatic nitrogens is 2. The fourth-order valence-corrected chi connectivity index (χ4v) is 2.65. The minimum Gasteiger partial charge on any atom is -0.395 e. The van der Waals surface area contributed by atoms with Crippen LogP contribution < -0.4 is 16.0 Å². The number of aliphatic hydroxyl groups excluding tert-OH is 1. The van der Waals surface area contributed by atoms with Crippen molar-refractivity contribution < 1.29 is 5.11 Å². The van der Waals surface area contributed by atoms with Crippen molar-refractivity contribution >= 4 is 41.3 Å². The van der Waals surface area contributed by atoms with Gasteiger partial charge in [-0.1, -0.05) is 23.7 Å². The van der Waals surface area contributed by atoms with Gasteiger partial charge >= 0.3 is 0 Å². The van der Waals surface area contributed by atoms with Crippen LogP contribution in [0.5, 0.6) is 0 Å². The summed E-state index contributed by atoms with van der Waals surface area (Å²) in [7, 11) is 0. The summed E-state index contributed by atoms with van der Waals surface area (Å²) in [5, 5.41) is 25.6. The van der Waals surface area contributed by atoms with Crippen LogP contribution in [0.3, 0.4) is 0 Å². The van der Waals surface area contributed by atoms with E-state index in [4.69, 9.17) is 22.1 Å². The third kappa shape index (κ3) is 6.21. The Balaban J connectivity index is 2.06. The Hall–Kier alpha value is -2.29. The first-order chi connectivity index (χ1) is 12.7. The lowest BCUT2D eigenvalue weighted by atomic mass is 10.2. The molecule has 9 heteroatoms. The molecule has 0 atom stereocenters. The molecular formula is C17H21ClN6OS. The van der Waals surface area contributed by atoms with E-state index in [9.17, 15) is 0 Å². The molecule has 0 aliphatic carbocycles. The molecule has 1 aromatic heterocycles. The Morgan fingerprint density at radius 3 is 3.00 bits per heavy atom. The van der Waals surface area contributed by atoms with E-state index in [1.54, 1.807) is 18.0 Å². The number of hydrogen-bond acceptors (Lipinski definition) is 8. The number of nitrogens with one attached hydrogen (secondary N) is 4. The molecule has 26 heavy (non-hydrogen) atoms. The number of allylic oxidation sites excluding steroid dienone is 1. The summed E-state index contributed by atoms with van der Waals surface area (Å²) in [6, 6.07) is 8.21. The average Bonchev–Trinajstić information content (AvgIpc) is 2.67. The number of nitrogens with zero attached hydrogens (tertiary/aromatic N) is 2. The maximum absolute atomic E-state index is 8.78. The molecule has 0 radical (unpaired) electrons. The SMILES string of the molecule is CSc1cccc(CNc2nc(N/C(C=N)=C/NCCO)ncc2Cl)c1. The molecule has 0 aliphatic rings. The second-order valence-corrected chi connectivity index (χ2v) is 6.43. The lowest BCUT2D eigenvalue weighted by Gasteiger charge is -2.11. The fraction of sp³-hybridized carbons (Fsp3) is 0.235. The molecule has 0 spiro atoms. The van der Waals surface area contributed by atoms with Gasteiger partial charge in [-0.15, -0.1) is 11.8 Å². The van der Waals surface area contributed by atoms with Crippen LogP contribution in [0.1, 0.15) is 5.56 Å². The molecule has 0 fully saturated rings. The molecule has 1 heterocycles. The minimum absolute atomic E-state index is 0.00499. The van der Waals surface area contributed by atoms with Crippen LogP contribution in [0.15, 0.2) is 47.3 Å². The number of halogens is 1. The van der Waals surface area contributed by atoms with E-state index in [-0.39, 0.29) is 6.61 Å². The van der Waals surface area contributed by atoms with Crippen LogP contribution in [0, 0.1) is 5.41 Å². The molecular weight excluding hydrogens is 372 g/mol. The summed E-state index contributed by atoms with van der Waals surface area (Å²) in [6.45, 7) is 0.976. The van der Waals surface area contributed by atoms with Crippen molar-refractivity contribution in [2.45, 2.75) is 11.4 Å². The monoisotopic (exact) mass is 392 g/mol. The Morgan fingerprint density at radius 2 is 2.27 bits per heavy atom. The minimum atomic E-state index is 0.00499. The van der Waals surface area contributed by atoms with Gasteiger partial charge in [-0.2, -0.15) is 4.98 Å². The summed E-state index contributed by atoms with van der Waals surface area (Å²) >= 11 is 7.86. The van der Waals surface area contributed by atoms with E-state index in [0.717, 1.165) is 11.8 Å². The smallest absolute Gasteiger partial charge is 0.229 e. The predicted octanol–water partition coefficient (Wildman–Crippen LogP) is 2.95. The lowest BCUT2D eigenvalue weighted by molar-refractivity contribution is 0.298. The third-order valence-electron chi connectivity index (χ3n) is 3.26. The van der Waals surface area contributed by atoms with Crippen LogP contribution >= 0.6 is 23.4 Å². The van der Waals surface area contributed by atoms with Crippen LogP contribution in [-0.4, -0.2) is 40.7 Å². The first kappa shape index (κ1) is 20.0. The van der Waals surface area contributed by atoms with Gasteiger partial charge in [0.2, 0.25) is 5.95 Å². The quantitative estimate of drug-likeness (QED) is 0.240. The molecule has 138 valence electrons. The zero-order valence-electron chi connectivity index (χ0n) is 14.3. The normalized spacial score (nSPS) is 11.1. The third-order valence-corrected chi connectivity index (χ3v) is 4.27. The van der Waals surface area contributed by atoms with E-state index in [0.29, 0.717) is 35.6 Å². The highest BCUT2D eigenvalue weighted by Crippen LogP contribution is 2.21. The summed E-state index contributed by atoms with van der Waals surface area (Å²) < 4.78 is 0. The van der Waals surface area contributed by atoms with E-state index in [1.165, 1.54) is 11.1 Å². The zero-order chi connectivity index (χ0) is 18.8. The van der Waals surface area contributed by atoms with Gasteiger partial charge in [0.25, 0.3) is 0 Å². The molecule has 0 amide bonds. The fourth-order valence-electron chi connectivity index (χ4n) is 2.01. The van der Waals surface area contributed by atoms with Gasteiger partial charge in [0.15, 0.2) is 5.82 Å². The maximum Gasteiger partial charge on any atom is 0.229 e. The highest BCUT2D eigenvalue weighted by molar-refractivity contribution is 7.98.